The van der Waals surface area contributed by atoms with Gasteiger partial charge in [-0.25, -0.2) is 4.79 Å². The number of carboxylic acid groups (broad SMARTS) is 1. The second-order valence-corrected chi connectivity index (χ2v) is 3.91. The van der Waals surface area contributed by atoms with Crippen LogP contribution in [-0.4, -0.2) is 28.3 Å². The molecule has 0 saturated heterocycles. The highest BCUT2D eigenvalue weighted by molar-refractivity contribution is 5.96. The monoisotopic (exact) mass is 278 g/mol. The Bertz CT molecular complexity index is 691. The molecule has 2 rings (SSSR count). The molecule has 8 heteroatoms. The van der Waals surface area contributed by atoms with Crippen LogP contribution in [0.2, 0.25) is 0 Å². The van der Waals surface area contributed by atoms with E-state index in [4.69, 9.17) is 14.4 Å². The quantitative estimate of drug-likeness (QED) is 0.673. The number of methoxy groups -OCH3 is 1. The van der Waals surface area contributed by atoms with Gasteiger partial charge in [-0.05, 0) is 13.0 Å². The number of non-ortho nitro benzene ring substituents is 1. The van der Waals surface area contributed by atoms with Gasteiger partial charge in [0.25, 0.3) is 5.69 Å². The molecule has 0 atom stereocenters. The molecule has 0 saturated carbocycles. The zero-order chi connectivity index (χ0) is 14.9. The number of aromatic nitrogens is 1. The maximum atomic E-state index is 11.2. The fourth-order valence-electron chi connectivity index (χ4n) is 1.80. The zero-order valence-corrected chi connectivity index (χ0v) is 10.6. The van der Waals surface area contributed by atoms with Gasteiger partial charge in [0.15, 0.2) is 0 Å². The van der Waals surface area contributed by atoms with E-state index in [1.54, 1.807) is 0 Å². The maximum absolute atomic E-state index is 11.2. The van der Waals surface area contributed by atoms with Crippen molar-refractivity contribution in [1.29, 1.82) is 0 Å². The summed E-state index contributed by atoms with van der Waals surface area (Å²) in [6.07, 6.45) is 0. The first-order valence-electron chi connectivity index (χ1n) is 5.48. The Balaban J connectivity index is 2.70. The molecule has 1 N–H and O–H groups in total. The first-order valence-corrected chi connectivity index (χ1v) is 5.48. The van der Waals surface area contributed by atoms with Crippen molar-refractivity contribution in [3.63, 3.8) is 0 Å². The number of nitrogens with zero attached hydrogens (tertiary/aromatic N) is 2. The van der Waals surface area contributed by atoms with Crippen molar-refractivity contribution in [2.75, 3.05) is 7.11 Å². The number of aryl methyl sites for hydroxylation is 1. The fraction of sp³-hybridized carbons (Fsp3) is 0.167. The average molecular weight is 278 g/mol. The number of benzene rings is 1. The predicted octanol–water partition coefficient (Wildman–Crippen LogP) is 2.27. The third kappa shape index (κ3) is 2.18. The molecule has 1 heterocycles. The number of carboxylic acids is 1. The lowest BCUT2D eigenvalue weighted by molar-refractivity contribution is -0.384. The van der Waals surface area contributed by atoms with Crippen LogP contribution in [0.3, 0.4) is 0 Å². The number of carbonyl (C=O) groups is 1. The highest BCUT2D eigenvalue weighted by atomic mass is 16.6. The van der Waals surface area contributed by atoms with Gasteiger partial charge in [-0.2, -0.15) is 0 Å². The summed E-state index contributed by atoms with van der Waals surface area (Å²) in [4.78, 5) is 21.4. The van der Waals surface area contributed by atoms with Crippen LogP contribution in [0.15, 0.2) is 22.7 Å². The minimum Gasteiger partial charge on any atom is -0.496 e. The van der Waals surface area contributed by atoms with Crippen LogP contribution in [0.4, 0.5) is 5.69 Å². The molecule has 0 unspecified atom stereocenters. The van der Waals surface area contributed by atoms with Crippen LogP contribution in [-0.2, 0) is 0 Å². The van der Waals surface area contributed by atoms with Gasteiger partial charge in [-0.3, -0.25) is 10.1 Å². The number of rotatable bonds is 4. The van der Waals surface area contributed by atoms with Crippen LogP contribution in [0.5, 0.6) is 5.75 Å². The van der Waals surface area contributed by atoms with Crippen LogP contribution in [0.1, 0.15) is 16.1 Å². The van der Waals surface area contributed by atoms with Gasteiger partial charge in [0.1, 0.15) is 22.8 Å². The summed E-state index contributed by atoms with van der Waals surface area (Å²) >= 11 is 0. The third-order valence-corrected chi connectivity index (χ3v) is 2.73. The highest BCUT2D eigenvalue weighted by Crippen LogP contribution is 2.35. The van der Waals surface area contributed by atoms with E-state index in [-0.39, 0.29) is 34.0 Å². The van der Waals surface area contributed by atoms with Gasteiger partial charge in [0.2, 0.25) is 0 Å². The molecule has 1 aromatic carbocycles. The summed E-state index contributed by atoms with van der Waals surface area (Å²) in [5, 5.41) is 23.6. The normalized spacial score (nSPS) is 10.3. The molecule has 0 aliphatic rings. The van der Waals surface area contributed by atoms with Crippen molar-refractivity contribution in [3.8, 4) is 17.0 Å². The minimum absolute atomic E-state index is 0.00412. The molecule has 0 radical (unpaired) electrons. The molecule has 104 valence electrons. The van der Waals surface area contributed by atoms with Crippen LogP contribution in [0.25, 0.3) is 11.3 Å². The first kappa shape index (κ1) is 13.5. The maximum Gasteiger partial charge on any atom is 0.341 e. The Kier molecular flexibility index (Phi) is 3.38. The summed E-state index contributed by atoms with van der Waals surface area (Å²) < 4.78 is 9.94. The Labute approximate surface area is 112 Å². The number of hydrogen-bond acceptors (Lipinski definition) is 6. The summed E-state index contributed by atoms with van der Waals surface area (Å²) in [5.41, 5.74) is -0.159. The molecule has 8 nitrogen and oxygen atoms in total. The summed E-state index contributed by atoms with van der Waals surface area (Å²) in [6.45, 7) is 1.45. The molecule has 0 aliphatic heterocycles. The Morgan fingerprint density at radius 3 is 2.75 bits per heavy atom. The SMILES string of the molecule is COc1ccc([N+](=O)[O-])cc1-c1noc(C)c1C(=O)O. The van der Waals surface area contributed by atoms with Crippen molar-refractivity contribution in [2.24, 2.45) is 0 Å². The zero-order valence-electron chi connectivity index (χ0n) is 10.6. The topological polar surface area (TPSA) is 116 Å². The standard InChI is InChI=1S/C12H10N2O6/c1-6-10(12(15)16)11(13-20-6)8-5-7(14(17)18)3-4-9(8)19-2/h3-5H,1-2H3,(H,15,16). The number of hydrogen-bond donors (Lipinski definition) is 1. The number of aromatic carboxylic acids is 1. The second-order valence-electron chi connectivity index (χ2n) is 3.91. The summed E-state index contributed by atoms with van der Waals surface area (Å²) in [7, 11) is 1.37. The fourth-order valence-corrected chi connectivity index (χ4v) is 1.80. The lowest BCUT2D eigenvalue weighted by Crippen LogP contribution is -2.01. The molecule has 20 heavy (non-hydrogen) atoms. The van der Waals surface area contributed by atoms with Gasteiger partial charge >= 0.3 is 5.97 Å². The van der Waals surface area contributed by atoms with Crippen molar-refractivity contribution < 1.29 is 24.1 Å². The minimum atomic E-state index is -1.23. The van der Waals surface area contributed by atoms with E-state index in [0.29, 0.717) is 0 Å². The van der Waals surface area contributed by atoms with Crippen molar-refractivity contribution in [1.82, 2.24) is 5.16 Å². The Hall–Kier alpha value is -2.90. The predicted molar refractivity (Wildman–Crippen MR) is 66.8 cm³/mol. The van der Waals surface area contributed by atoms with E-state index < -0.39 is 10.9 Å². The Morgan fingerprint density at radius 2 is 2.20 bits per heavy atom. The molecule has 1 aromatic heterocycles. The molecule has 0 spiro atoms. The average Bonchev–Trinajstić information content (AvgIpc) is 2.79. The molecular weight excluding hydrogens is 268 g/mol. The Morgan fingerprint density at radius 1 is 1.50 bits per heavy atom. The largest absolute Gasteiger partial charge is 0.496 e. The lowest BCUT2D eigenvalue weighted by Gasteiger charge is -2.06. The molecule has 0 fully saturated rings. The van der Waals surface area contributed by atoms with Crippen molar-refractivity contribution >= 4 is 11.7 Å². The van der Waals surface area contributed by atoms with Crippen LogP contribution < -0.4 is 4.74 Å². The van der Waals surface area contributed by atoms with Crippen LogP contribution in [0, 0.1) is 17.0 Å². The van der Waals surface area contributed by atoms with E-state index in [9.17, 15) is 14.9 Å². The lowest BCUT2D eigenvalue weighted by atomic mass is 10.0. The van der Waals surface area contributed by atoms with E-state index in [1.165, 1.54) is 32.2 Å². The number of nitro groups is 1. The van der Waals surface area contributed by atoms with Gasteiger partial charge in [0.05, 0.1) is 17.6 Å². The van der Waals surface area contributed by atoms with Crippen molar-refractivity contribution in [3.05, 3.63) is 39.6 Å². The van der Waals surface area contributed by atoms with Gasteiger partial charge in [-0.15, -0.1) is 0 Å². The second kappa shape index (κ2) is 5.00. The van der Waals surface area contributed by atoms with Gasteiger partial charge in [-0.1, -0.05) is 5.16 Å². The van der Waals surface area contributed by atoms with E-state index >= 15 is 0 Å². The number of ether oxygens (including phenoxy) is 1. The molecular formula is C12H10N2O6. The van der Waals surface area contributed by atoms with Gasteiger partial charge in [0, 0.05) is 12.1 Å². The van der Waals surface area contributed by atoms with Gasteiger partial charge < -0.3 is 14.4 Å². The molecule has 0 amide bonds. The van der Waals surface area contributed by atoms with Crippen molar-refractivity contribution in [2.45, 2.75) is 6.92 Å². The summed E-state index contributed by atoms with van der Waals surface area (Å²) in [5.74, 6) is -0.847. The van der Waals surface area contributed by atoms with Crippen LogP contribution >= 0.6 is 0 Å². The molecule has 0 bridgehead atoms. The summed E-state index contributed by atoms with van der Waals surface area (Å²) in [6, 6.07) is 3.83. The van der Waals surface area contributed by atoms with E-state index in [1.807, 2.05) is 0 Å². The van der Waals surface area contributed by atoms with E-state index in [2.05, 4.69) is 5.16 Å². The smallest absolute Gasteiger partial charge is 0.341 e. The molecule has 0 aliphatic carbocycles. The third-order valence-electron chi connectivity index (χ3n) is 2.73. The van der Waals surface area contributed by atoms with E-state index in [0.717, 1.165) is 0 Å². The highest BCUT2D eigenvalue weighted by Gasteiger charge is 2.25. The first-order chi connectivity index (χ1) is 9.45. The number of nitro benzene ring substituents is 1. The molecule has 2 aromatic rings.